The van der Waals surface area contributed by atoms with Gasteiger partial charge in [-0.25, -0.2) is 4.39 Å². The van der Waals surface area contributed by atoms with Crippen molar-refractivity contribution in [3.05, 3.63) is 24.0 Å². The summed E-state index contributed by atoms with van der Waals surface area (Å²) in [5, 5.41) is 0. The van der Waals surface area contributed by atoms with E-state index in [0.29, 0.717) is 11.8 Å². The average Bonchev–Trinajstić information content (AvgIpc) is 2.86. The van der Waals surface area contributed by atoms with Crippen molar-refractivity contribution in [1.82, 2.24) is 0 Å². The van der Waals surface area contributed by atoms with Crippen molar-refractivity contribution in [3.63, 3.8) is 0 Å². The zero-order valence-electron chi connectivity index (χ0n) is 21.4. The van der Waals surface area contributed by atoms with Crippen molar-refractivity contribution in [2.24, 2.45) is 35.5 Å². The molecule has 0 aromatic heterocycles. The molecule has 1 aromatic rings. The van der Waals surface area contributed by atoms with Gasteiger partial charge in [0.25, 0.3) is 0 Å². The van der Waals surface area contributed by atoms with Crippen LogP contribution in [0, 0.1) is 41.3 Å². The van der Waals surface area contributed by atoms with Crippen molar-refractivity contribution in [2.75, 3.05) is 7.11 Å². The van der Waals surface area contributed by atoms with Crippen LogP contribution in [-0.2, 0) is 4.79 Å². The molecule has 0 heterocycles. The molecule has 4 atom stereocenters. The number of carbonyl (C=O) groups is 1. The Balaban J connectivity index is 1.26. The van der Waals surface area contributed by atoms with Crippen LogP contribution >= 0.6 is 0 Å². The van der Waals surface area contributed by atoms with Gasteiger partial charge in [-0.15, -0.1) is 0 Å². The van der Waals surface area contributed by atoms with Crippen molar-refractivity contribution < 1.29 is 18.7 Å². The number of unbranched alkanes of at least 4 members (excludes halogenated alkanes) is 3. The highest BCUT2D eigenvalue weighted by molar-refractivity contribution is 5.75. The first-order valence-corrected chi connectivity index (χ1v) is 14.1. The van der Waals surface area contributed by atoms with Gasteiger partial charge in [0.05, 0.1) is 13.0 Å². The molecule has 0 spiro atoms. The standard InChI is InChI=1S/C30H45FO3/c1-3-4-5-6-8-21-11-13-22(14-12-21)23-15-17-26-24(19-23)9-7-10-27(26)30(32)34-25-16-18-29(33-2)28(31)20-25/h16,18,20-24,26-27H,3-15,17,19H2,1-2H3. The van der Waals surface area contributed by atoms with Crippen LogP contribution in [0.5, 0.6) is 11.5 Å². The minimum absolute atomic E-state index is 0.0382. The molecule has 0 aliphatic heterocycles. The van der Waals surface area contributed by atoms with Crippen LogP contribution in [-0.4, -0.2) is 13.1 Å². The smallest absolute Gasteiger partial charge is 0.314 e. The third kappa shape index (κ3) is 6.34. The molecular formula is C30H45FO3. The Labute approximate surface area is 206 Å². The van der Waals surface area contributed by atoms with Crippen LogP contribution < -0.4 is 9.47 Å². The zero-order valence-corrected chi connectivity index (χ0v) is 21.4. The normalized spacial score (nSPS) is 31.5. The molecule has 3 fully saturated rings. The Hall–Kier alpha value is -1.58. The number of halogens is 1. The lowest BCUT2D eigenvalue weighted by molar-refractivity contribution is -0.144. The fourth-order valence-electron chi connectivity index (χ4n) is 7.43. The van der Waals surface area contributed by atoms with Crippen molar-refractivity contribution >= 4 is 5.97 Å². The molecule has 4 rings (SSSR count). The van der Waals surface area contributed by atoms with Gasteiger partial charge in [-0.2, -0.15) is 0 Å². The predicted octanol–water partition coefficient (Wildman–Crippen LogP) is 8.35. The van der Waals surface area contributed by atoms with Gasteiger partial charge in [0.2, 0.25) is 0 Å². The second-order valence-electron chi connectivity index (χ2n) is 11.4. The highest BCUT2D eigenvalue weighted by Crippen LogP contribution is 2.50. The van der Waals surface area contributed by atoms with Gasteiger partial charge >= 0.3 is 5.97 Å². The molecule has 34 heavy (non-hydrogen) atoms. The fraction of sp³-hybridized carbons (Fsp3) is 0.767. The minimum Gasteiger partial charge on any atom is -0.494 e. The van der Waals surface area contributed by atoms with Crippen LogP contribution in [0.15, 0.2) is 18.2 Å². The van der Waals surface area contributed by atoms with E-state index in [-0.39, 0.29) is 23.4 Å². The van der Waals surface area contributed by atoms with Gasteiger partial charge < -0.3 is 9.47 Å². The van der Waals surface area contributed by atoms with Gasteiger partial charge in [0.1, 0.15) is 5.75 Å². The quantitative estimate of drug-likeness (QED) is 0.206. The SMILES string of the molecule is CCCCCCC1CCC(C2CCC3C(CCCC3C(=O)Oc3ccc(OC)c(F)c3)C2)CC1. The Morgan fingerprint density at radius 3 is 2.47 bits per heavy atom. The number of esters is 1. The first-order valence-electron chi connectivity index (χ1n) is 14.1. The van der Waals surface area contributed by atoms with Crippen molar-refractivity contribution in [2.45, 2.75) is 103 Å². The Morgan fingerprint density at radius 1 is 0.941 bits per heavy atom. The van der Waals surface area contributed by atoms with Gasteiger partial charge in [-0.1, -0.05) is 64.7 Å². The number of hydrogen-bond donors (Lipinski definition) is 0. The third-order valence-electron chi connectivity index (χ3n) is 9.36. The van der Waals surface area contributed by atoms with Crippen LogP contribution in [0.1, 0.15) is 103 Å². The molecule has 1 aromatic carbocycles. The molecule has 3 aliphatic carbocycles. The first kappa shape index (κ1) is 25.5. The number of rotatable bonds is 9. The fourth-order valence-corrected chi connectivity index (χ4v) is 7.43. The van der Waals surface area contributed by atoms with Crippen LogP contribution in [0.4, 0.5) is 4.39 Å². The van der Waals surface area contributed by atoms with E-state index in [2.05, 4.69) is 6.92 Å². The summed E-state index contributed by atoms with van der Waals surface area (Å²) in [4.78, 5) is 13.1. The zero-order chi connectivity index (χ0) is 23.9. The molecule has 4 unspecified atom stereocenters. The van der Waals surface area contributed by atoms with Crippen LogP contribution in [0.25, 0.3) is 0 Å². The molecule has 0 N–H and O–H groups in total. The highest BCUT2D eigenvalue weighted by Gasteiger charge is 2.43. The summed E-state index contributed by atoms with van der Waals surface area (Å²) >= 11 is 0. The Bertz CT molecular complexity index is 785. The number of methoxy groups -OCH3 is 1. The van der Waals surface area contributed by atoms with Crippen LogP contribution in [0.3, 0.4) is 0 Å². The van der Waals surface area contributed by atoms with Crippen molar-refractivity contribution in [1.29, 1.82) is 0 Å². The van der Waals surface area contributed by atoms with E-state index in [0.717, 1.165) is 37.0 Å². The van der Waals surface area contributed by atoms with E-state index in [1.165, 1.54) is 96.3 Å². The highest BCUT2D eigenvalue weighted by atomic mass is 19.1. The lowest BCUT2D eigenvalue weighted by Gasteiger charge is -2.46. The molecule has 0 bridgehead atoms. The summed E-state index contributed by atoms with van der Waals surface area (Å²) in [7, 11) is 1.43. The van der Waals surface area contributed by atoms with E-state index >= 15 is 0 Å². The van der Waals surface area contributed by atoms with E-state index in [1.807, 2.05) is 0 Å². The molecule has 3 aliphatic rings. The summed E-state index contributed by atoms with van der Waals surface area (Å²) in [6, 6.07) is 4.40. The molecule has 0 radical (unpaired) electrons. The lowest BCUT2D eigenvalue weighted by atomic mass is 9.59. The van der Waals surface area contributed by atoms with Gasteiger partial charge in [-0.05, 0) is 80.2 Å². The van der Waals surface area contributed by atoms with Crippen molar-refractivity contribution in [3.8, 4) is 11.5 Å². The summed E-state index contributed by atoms with van der Waals surface area (Å²) in [6.07, 6.45) is 19.7. The van der Waals surface area contributed by atoms with E-state index in [4.69, 9.17) is 9.47 Å². The van der Waals surface area contributed by atoms with Gasteiger partial charge in [0.15, 0.2) is 11.6 Å². The average molecular weight is 473 g/mol. The maximum atomic E-state index is 14.0. The summed E-state index contributed by atoms with van der Waals surface area (Å²) < 4.78 is 24.7. The summed E-state index contributed by atoms with van der Waals surface area (Å²) in [6.45, 7) is 2.29. The number of ether oxygens (including phenoxy) is 2. The molecule has 3 saturated carbocycles. The van der Waals surface area contributed by atoms with E-state index in [1.54, 1.807) is 6.07 Å². The molecule has 4 heteroatoms. The predicted molar refractivity (Wildman–Crippen MR) is 134 cm³/mol. The second-order valence-corrected chi connectivity index (χ2v) is 11.4. The summed E-state index contributed by atoms with van der Waals surface area (Å²) in [5.41, 5.74) is 0. The molecule has 3 nitrogen and oxygen atoms in total. The molecular weight excluding hydrogens is 427 g/mol. The maximum Gasteiger partial charge on any atom is 0.314 e. The molecule has 190 valence electrons. The first-order chi connectivity index (χ1) is 16.6. The van der Waals surface area contributed by atoms with Crippen LogP contribution in [0.2, 0.25) is 0 Å². The molecule has 0 amide bonds. The summed E-state index contributed by atoms with van der Waals surface area (Å²) in [5.74, 6) is 3.58. The Kier molecular flexibility index (Phi) is 9.31. The molecule has 0 saturated heterocycles. The number of hydrogen-bond acceptors (Lipinski definition) is 3. The second kappa shape index (κ2) is 12.4. The van der Waals surface area contributed by atoms with E-state index in [9.17, 15) is 9.18 Å². The Morgan fingerprint density at radius 2 is 1.74 bits per heavy atom. The number of fused-ring (bicyclic) bond motifs is 1. The minimum atomic E-state index is -0.495. The number of carbonyl (C=O) groups excluding carboxylic acids is 1. The lowest BCUT2D eigenvalue weighted by Crippen LogP contribution is -2.40. The monoisotopic (exact) mass is 472 g/mol. The number of benzene rings is 1. The van der Waals surface area contributed by atoms with Gasteiger partial charge in [-0.3, -0.25) is 4.79 Å². The van der Waals surface area contributed by atoms with Gasteiger partial charge in [0, 0.05) is 6.07 Å². The maximum absolute atomic E-state index is 14.0. The topological polar surface area (TPSA) is 35.5 Å². The third-order valence-corrected chi connectivity index (χ3v) is 9.36. The largest absolute Gasteiger partial charge is 0.494 e. The van der Waals surface area contributed by atoms with E-state index < -0.39 is 5.82 Å².